The summed E-state index contributed by atoms with van der Waals surface area (Å²) in [5.41, 5.74) is 0. The summed E-state index contributed by atoms with van der Waals surface area (Å²) in [5.74, 6) is -0.0186. The Balaban J connectivity index is 0. The Morgan fingerprint density at radius 3 is 2.13 bits per heavy atom. The Hall–Kier alpha value is 0.470. The summed E-state index contributed by atoms with van der Waals surface area (Å²) >= 11 is 0. The van der Waals surface area contributed by atoms with Gasteiger partial charge in [0, 0.05) is 6.42 Å². The molecule has 86 valence electrons. The van der Waals surface area contributed by atoms with Gasteiger partial charge in [-0.1, -0.05) is 46.0 Å². The van der Waals surface area contributed by atoms with Crippen molar-refractivity contribution in [3.8, 4) is 0 Å². The summed E-state index contributed by atoms with van der Waals surface area (Å²) in [4.78, 5) is 11.1. The van der Waals surface area contributed by atoms with Gasteiger partial charge in [0.05, 0.1) is 6.61 Å². The zero-order valence-corrected chi connectivity index (χ0v) is 9.68. The standard InChI is InChI=1S/C12H24O2.Na.H/c1-3-5-7-8-9-10-12(13)14-11-6-4-2;;/h3-11H2,1-2H3;;. The average Bonchev–Trinajstić information content (AvgIpc) is 2.18. The van der Waals surface area contributed by atoms with Crippen molar-refractivity contribution in [1.29, 1.82) is 0 Å². The van der Waals surface area contributed by atoms with Crippen LogP contribution in [0.4, 0.5) is 0 Å². The van der Waals surface area contributed by atoms with Gasteiger partial charge in [-0.15, -0.1) is 0 Å². The molecule has 0 aliphatic rings. The average molecular weight is 224 g/mol. The van der Waals surface area contributed by atoms with Crippen molar-refractivity contribution in [2.45, 2.75) is 65.2 Å². The van der Waals surface area contributed by atoms with Gasteiger partial charge in [0.1, 0.15) is 0 Å². The molecule has 0 radical (unpaired) electrons. The van der Waals surface area contributed by atoms with Gasteiger partial charge in [0.2, 0.25) is 0 Å². The van der Waals surface area contributed by atoms with Gasteiger partial charge in [0.25, 0.3) is 0 Å². The SMILES string of the molecule is CCCCCCCC(=O)OCCCC.[NaH]. The van der Waals surface area contributed by atoms with Crippen LogP contribution in [-0.2, 0) is 9.53 Å². The van der Waals surface area contributed by atoms with Crippen molar-refractivity contribution in [1.82, 2.24) is 0 Å². The third-order valence-corrected chi connectivity index (χ3v) is 2.25. The molecule has 0 aromatic heterocycles. The molecule has 0 aromatic carbocycles. The molecule has 0 aliphatic heterocycles. The van der Waals surface area contributed by atoms with Gasteiger partial charge in [-0.25, -0.2) is 0 Å². The van der Waals surface area contributed by atoms with Crippen molar-refractivity contribution in [2.24, 2.45) is 0 Å². The molecule has 0 saturated carbocycles. The zero-order valence-electron chi connectivity index (χ0n) is 9.68. The molecule has 0 amide bonds. The van der Waals surface area contributed by atoms with Crippen LogP contribution < -0.4 is 0 Å². The van der Waals surface area contributed by atoms with E-state index in [1.54, 1.807) is 0 Å². The van der Waals surface area contributed by atoms with Crippen molar-refractivity contribution < 1.29 is 9.53 Å². The van der Waals surface area contributed by atoms with E-state index in [0.717, 1.165) is 25.7 Å². The second-order valence-electron chi connectivity index (χ2n) is 3.74. The van der Waals surface area contributed by atoms with Gasteiger partial charge in [-0.05, 0) is 12.8 Å². The number of unbranched alkanes of at least 4 members (excludes halogenated alkanes) is 5. The van der Waals surface area contributed by atoms with Crippen LogP contribution in [0.1, 0.15) is 65.2 Å². The summed E-state index contributed by atoms with van der Waals surface area (Å²) < 4.78 is 5.05. The van der Waals surface area contributed by atoms with E-state index in [-0.39, 0.29) is 35.5 Å². The van der Waals surface area contributed by atoms with Crippen molar-refractivity contribution in [3.63, 3.8) is 0 Å². The molecule has 0 unspecified atom stereocenters. The Bertz CT molecular complexity index is 138. The van der Waals surface area contributed by atoms with E-state index in [9.17, 15) is 4.79 Å². The van der Waals surface area contributed by atoms with Crippen LogP contribution in [0.5, 0.6) is 0 Å². The Morgan fingerprint density at radius 2 is 1.53 bits per heavy atom. The van der Waals surface area contributed by atoms with Crippen LogP contribution in [0.25, 0.3) is 0 Å². The summed E-state index contributed by atoms with van der Waals surface area (Å²) in [5, 5.41) is 0. The summed E-state index contributed by atoms with van der Waals surface area (Å²) in [6, 6.07) is 0. The first-order valence-electron chi connectivity index (χ1n) is 5.96. The van der Waals surface area contributed by atoms with Crippen LogP contribution in [0.15, 0.2) is 0 Å². The van der Waals surface area contributed by atoms with Gasteiger partial charge in [-0.2, -0.15) is 0 Å². The summed E-state index contributed by atoms with van der Waals surface area (Å²) in [7, 11) is 0. The second-order valence-corrected chi connectivity index (χ2v) is 3.74. The maximum absolute atomic E-state index is 11.1. The van der Waals surface area contributed by atoms with E-state index >= 15 is 0 Å². The molecule has 2 nitrogen and oxygen atoms in total. The molecule has 15 heavy (non-hydrogen) atoms. The van der Waals surface area contributed by atoms with E-state index in [0.29, 0.717) is 13.0 Å². The Kier molecular flexibility index (Phi) is 17.2. The fraction of sp³-hybridized carbons (Fsp3) is 0.917. The minimum absolute atomic E-state index is 0. The molecular formula is C12H25NaO2. The van der Waals surface area contributed by atoms with Gasteiger partial charge in [0.15, 0.2) is 0 Å². The number of ether oxygens (including phenoxy) is 1. The topological polar surface area (TPSA) is 26.3 Å². The van der Waals surface area contributed by atoms with E-state index in [1.165, 1.54) is 19.3 Å². The normalized spacial score (nSPS) is 9.47. The molecule has 0 heterocycles. The maximum atomic E-state index is 11.1. The van der Waals surface area contributed by atoms with E-state index in [4.69, 9.17) is 4.74 Å². The molecule has 0 saturated heterocycles. The fourth-order valence-corrected chi connectivity index (χ4v) is 1.28. The number of carbonyl (C=O) groups is 1. The molecule has 0 aromatic rings. The number of hydrogen-bond acceptors (Lipinski definition) is 2. The molecule has 0 N–H and O–H groups in total. The van der Waals surface area contributed by atoms with Crippen LogP contribution in [0.3, 0.4) is 0 Å². The molecule has 3 heteroatoms. The molecule has 0 rings (SSSR count). The molecule has 0 atom stereocenters. The molecule has 0 spiro atoms. The molecular weight excluding hydrogens is 199 g/mol. The number of rotatable bonds is 9. The minimum atomic E-state index is -0.0186. The van der Waals surface area contributed by atoms with Crippen molar-refractivity contribution in [2.75, 3.05) is 6.61 Å². The van der Waals surface area contributed by atoms with Gasteiger partial charge >= 0.3 is 35.5 Å². The number of carbonyl (C=O) groups excluding carboxylic acids is 1. The summed E-state index contributed by atoms with van der Waals surface area (Å²) in [6.07, 6.45) is 8.62. The molecule has 0 bridgehead atoms. The predicted octanol–water partition coefficient (Wildman–Crippen LogP) is 3.04. The quantitative estimate of drug-likeness (QED) is 0.342. The van der Waals surface area contributed by atoms with Crippen LogP contribution in [0, 0.1) is 0 Å². The van der Waals surface area contributed by atoms with Crippen molar-refractivity contribution in [3.05, 3.63) is 0 Å². The van der Waals surface area contributed by atoms with Gasteiger partial charge in [-0.3, -0.25) is 4.79 Å². The Labute approximate surface area is 116 Å². The summed E-state index contributed by atoms with van der Waals surface area (Å²) in [6.45, 7) is 4.89. The third kappa shape index (κ3) is 14.5. The van der Waals surface area contributed by atoms with Crippen LogP contribution >= 0.6 is 0 Å². The predicted molar refractivity (Wildman–Crippen MR) is 66.4 cm³/mol. The van der Waals surface area contributed by atoms with Crippen LogP contribution in [0.2, 0.25) is 0 Å². The van der Waals surface area contributed by atoms with E-state index < -0.39 is 0 Å². The molecule has 0 fully saturated rings. The first kappa shape index (κ1) is 17.9. The van der Waals surface area contributed by atoms with Gasteiger partial charge < -0.3 is 4.74 Å². The van der Waals surface area contributed by atoms with E-state index in [1.807, 2.05) is 0 Å². The molecule has 0 aliphatic carbocycles. The Morgan fingerprint density at radius 1 is 0.933 bits per heavy atom. The van der Waals surface area contributed by atoms with E-state index in [2.05, 4.69) is 13.8 Å². The van der Waals surface area contributed by atoms with Crippen molar-refractivity contribution >= 4 is 35.5 Å². The fourth-order valence-electron chi connectivity index (χ4n) is 1.28. The first-order valence-corrected chi connectivity index (χ1v) is 5.96. The van der Waals surface area contributed by atoms with Crippen LogP contribution in [-0.4, -0.2) is 42.1 Å². The first-order chi connectivity index (χ1) is 6.81. The zero-order chi connectivity index (χ0) is 10.6. The third-order valence-electron chi connectivity index (χ3n) is 2.25. The number of hydrogen-bond donors (Lipinski definition) is 0. The number of esters is 1. The second kappa shape index (κ2) is 14.5. The monoisotopic (exact) mass is 224 g/mol.